The van der Waals surface area contributed by atoms with E-state index in [1.807, 2.05) is 30.7 Å². The maximum Gasteiger partial charge on any atom is 0.433 e. The first-order valence-electron chi connectivity index (χ1n) is 4.84. The zero-order valence-corrected chi connectivity index (χ0v) is 10.0. The highest BCUT2D eigenvalue weighted by molar-refractivity contribution is 7.08. The molecule has 15 heavy (non-hydrogen) atoms. The van der Waals surface area contributed by atoms with Gasteiger partial charge in [0.15, 0.2) is 0 Å². The minimum absolute atomic E-state index is 0.339. The average Bonchev–Trinajstić information content (AvgIpc) is 2.67. The zero-order chi connectivity index (χ0) is 11.3. The van der Waals surface area contributed by atoms with Crippen molar-refractivity contribution in [3.8, 4) is 0 Å². The molecule has 0 fully saturated rings. The molecule has 0 atom stereocenters. The van der Waals surface area contributed by atoms with E-state index in [1.54, 1.807) is 18.3 Å². The van der Waals surface area contributed by atoms with Crippen LogP contribution >= 0.6 is 11.3 Å². The summed E-state index contributed by atoms with van der Waals surface area (Å²) in [6.45, 7) is 6.20. The van der Waals surface area contributed by atoms with E-state index in [2.05, 4.69) is 4.99 Å². The third-order valence-electron chi connectivity index (χ3n) is 1.74. The molecular formula is C11H15NO2S. The summed E-state index contributed by atoms with van der Waals surface area (Å²) >= 11 is 1.58. The lowest BCUT2D eigenvalue weighted by Crippen LogP contribution is -2.08. The quantitative estimate of drug-likeness (QED) is 0.740. The van der Waals surface area contributed by atoms with E-state index >= 15 is 0 Å². The van der Waals surface area contributed by atoms with E-state index in [1.165, 1.54) is 0 Å². The van der Waals surface area contributed by atoms with Crippen LogP contribution in [0.3, 0.4) is 0 Å². The van der Waals surface area contributed by atoms with Crippen LogP contribution in [0.5, 0.6) is 0 Å². The van der Waals surface area contributed by atoms with Crippen LogP contribution in [0.25, 0.3) is 0 Å². The van der Waals surface area contributed by atoms with Gasteiger partial charge in [-0.05, 0) is 29.7 Å². The summed E-state index contributed by atoms with van der Waals surface area (Å²) in [6.07, 6.45) is -0.507. The molecule has 0 unspecified atom stereocenters. The monoisotopic (exact) mass is 225 g/mol. The van der Waals surface area contributed by atoms with Crippen LogP contribution in [0, 0.1) is 5.92 Å². The topological polar surface area (TPSA) is 38.7 Å². The van der Waals surface area contributed by atoms with Crippen molar-refractivity contribution in [2.24, 2.45) is 10.9 Å². The molecule has 1 amide bonds. The number of amides is 1. The van der Waals surface area contributed by atoms with E-state index in [0.29, 0.717) is 18.2 Å². The Bertz CT molecular complexity index is 341. The van der Waals surface area contributed by atoms with Gasteiger partial charge in [0, 0.05) is 5.56 Å². The Balaban J connectivity index is 2.52. The van der Waals surface area contributed by atoms with Crippen LogP contribution in [0.4, 0.5) is 4.79 Å². The van der Waals surface area contributed by atoms with Crippen molar-refractivity contribution in [3.05, 3.63) is 22.4 Å². The van der Waals surface area contributed by atoms with Crippen LogP contribution in [-0.4, -0.2) is 18.4 Å². The van der Waals surface area contributed by atoms with Gasteiger partial charge in [-0.2, -0.15) is 16.3 Å². The first-order chi connectivity index (χ1) is 7.09. The summed E-state index contributed by atoms with van der Waals surface area (Å²) in [6, 6.07) is 1.93. The second-order valence-electron chi connectivity index (χ2n) is 3.68. The van der Waals surface area contributed by atoms with Crippen molar-refractivity contribution in [1.82, 2.24) is 0 Å². The molecule has 1 rings (SSSR count). The normalized spacial score (nSPS) is 11.9. The SMILES string of the molecule is C/C(=N/C(=O)OCC(C)C)c1ccsc1. The Morgan fingerprint density at radius 3 is 2.87 bits per heavy atom. The molecule has 0 aliphatic heterocycles. The highest BCUT2D eigenvalue weighted by Crippen LogP contribution is 2.07. The predicted octanol–water partition coefficient (Wildman–Crippen LogP) is 3.35. The second-order valence-corrected chi connectivity index (χ2v) is 4.46. The molecule has 0 N–H and O–H groups in total. The van der Waals surface area contributed by atoms with Gasteiger partial charge in [-0.3, -0.25) is 0 Å². The van der Waals surface area contributed by atoms with E-state index in [9.17, 15) is 4.79 Å². The fourth-order valence-electron chi connectivity index (χ4n) is 0.942. The van der Waals surface area contributed by atoms with Gasteiger partial charge in [-0.25, -0.2) is 4.79 Å². The fourth-order valence-corrected chi connectivity index (χ4v) is 1.64. The van der Waals surface area contributed by atoms with Gasteiger partial charge in [0.2, 0.25) is 0 Å². The first kappa shape index (κ1) is 11.9. The maximum absolute atomic E-state index is 11.2. The summed E-state index contributed by atoms with van der Waals surface area (Å²) in [5, 5.41) is 3.91. The average molecular weight is 225 g/mol. The Morgan fingerprint density at radius 1 is 1.60 bits per heavy atom. The lowest BCUT2D eigenvalue weighted by molar-refractivity contribution is 0.143. The number of thiophene rings is 1. The molecule has 0 saturated carbocycles. The van der Waals surface area contributed by atoms with Crippen molar-refractivity contribution in [1.29, 1.82) is 0 Å². The number of ether oxygens (including phenoxy) is 1. The Labute approximate surface area is 93.8 Å². The van der Waals surface area contributed by atoms with Crippen molar-refractivity contribution in [2.75, 3.05) is 6.61 Å². The van der Waals surface area contributed by atoms with Crippen molar-refractivity contribution in [3.63, 3.8) is 0 Å². The van der Waals surface area contributed by atoms with Gasteiger partial charge < -0.3 is 4.74 Å². The van der Waals surface area contributed by atoms with Gasteiger partial charge >= 0.3 is 6.09 Å². The lowest BCUT2D eigenvalue weighted by Gasteiger charge is -2.04. The molecule has 1 aromatic rings. The molecule has 82 valence electrons. The highest BCUT2D eigenvalue weighted by atomic mass is 32.1. The lowest BCUT2D eigenvalue weighted by atomic mass is 10.2. The number of carbonyl (C=O) groups excluding carboxylic acids is 1. The van der Waals surface area contributed by atoms with E-state index in [0.717, 1.165) is 5.56 Å². The standard InChI is InChI=1S/C11H15NO2S/c1-8(2)6-14-11(13)12-9(3)10-4-5-15-7-10/h4-5,7-8H,6H2,1-3H3/b12-9-. The van der Waals surface area contributed by atoms with Crippen molar-refractivity contribution in [2.45, 2.75) is 20.8 Å². The number of carbonyl (C=O) groups is 1. The molecule has 0 saturated heterocycles. The summed E-state index contributed by atoms with van der Waals surface area (Å²) < 4.78 is 4.95. The largest absolute Gasteiger partial charge is 0.448 e. The third kappa shape index (κ3) is 4.25. The number of aliphatic imine (C=N–C) groups is 1. The molecule has 1 aromatic heterocycles. The zero-order valence-electron chi connectivity index (χ0n) is 9.19. The molecule has 0 aromatic carbocycles. The molecule has 3 nitrogen and oxygen atoms in total. The second kappa shape index (κ2) is 5.66. The van der Waals surface area contributed by atoms with Gasteiger partial charge in [0.1, 0.15) is 0 Å². The van der Waals surface area contributed by atoms with Gasteiger partial charge in [0.05, 0.1) is 12.3 Å². The third-order valence-corrected chi connectivity index (χ3v) is 2.42. The maximum atomic E-state index is 11.2. The molecule has 0 aliphatic carbocycles. The molecule has 4 heteroatoms. The minimum Gasteiger partial charge on any atom is -0.448 e. The molecule has 0 radical (unpaired) electrons. The molecule has 0 aliphatic rings. The predicted molar refractivity (Wildman–Crippen MR) is 62.7 cm³/mol. The first-order valence-corrected chi connectivity index (χ1v) is 5.78. The Morgan fingerprint density at radius 2 is 2.33 bits per heavy atom. The number of nitrogens with zero attached hydrogens (tertiary/aromatic N) is 1. The smallest absolute Gasteiger partial charge is 0.433 e. The Hall–Kier alpha value is -1.16. The van der Waals surface area contributed by atoms with Crippen LogP contribution in [0.1, 0.15) is 26.3 Å². The van der Waals surface area contributed by atoms with E-state index in [-0.39, 0.29) is 0 Å². The van der Waals surface area contributed by atoms with Crippen molar-refractivity contribution >= 4 is 23.1 Å². The van der Waals surface area contributed by atoms with E-state index < -0.39 is 6.09 Å². The van der Waals surface area contributed by atoms with Gasteiger partial charge in [-0.15, -0.1) is 0 Å². The summed E-state index contributed by atoms with van der Waals surface area (Å²) in [5.74, 6) is 0.339. The molecular weight excluding hydrogens is 210 g/mol. The number of hydrogen-bond donors (Lipinski definition) is 0. The summed E-state index contributed by atoms with van der Waals surface area (Å²) in [4.78, 5) is 15.1. The fraction of sp³-hybridized carbons (Fsp3) is 0.455. The molecule has 0 bridgehead atoms. The summed E-state index contributed by atoms with van der Waals surface area (Å²) in [7, 11) is 0. The minimum atomic E-state index is -0.507. The summed E-state index contributed by atoms with van der Waals surface area (Å²) in [5.41, 5.74) is 1.67. The van der Waals surface area contributed by atoms with Crippen LogP contribution in [-0.2, 0) is 4.74 Å². The molecule has 1 heterocycles. The van der Waals surface area contributed by atoms with E-state index in [4.69, 9.17) is 4.74 Å². The van der Waals surface area contributed by atoms with Crippen molar-refractivity contribution < 1.29 is 9.53 Å². The highest BCUT2D eigenvalue weighted by Gasteiger charge is 2.04. The van der Waals surface area contributed by atoms with Crippen LogP contribution < -0.4 is 0 Å². The van der Waals surface area contributed by atoms with Crippen LogP contribution in [0.15, 0.2) is 21.8 Å². The number of rotatable bonds is 3. The van der Waals surface area contributed by atoms with Crippen LogP contribution in [0.2, 0.25) is 0 Å². The van der Waals surface area contributed by atoms with Gasteiger partial charge in [-0.1, -0.05) is 13.8 Å². The van der Waals surface area contributed by atoms with Gasteiger partial charge in [0.25, 0.3) is 0 Å². The Kier molecular flexibility index (Phi) is 4.49. The number of hydrogen-bond acceptors (Lipinski definition) is 3. The molecule has 0 spiro atoms.